The number of primary amides is 1. The van der Waals surface area contributed by atoms with Gasteiger partial charge >= 0.3 is 0 Å². The Morgan fingerprint density at radius 3 is 2.53 bits per heavy atom. The predicted molar refractivity (Wildman–Crippen MR) is 62.5 cm³/mol. The summed E-state index contributed by atoms with van der Waals surface area (Å²) in [6.45, 7) is 0. The zero-order valence-electron chi connectivity index (χ0n) is 8.92. The first-order valence-corrected chi connectivity index (χ1v) is 5.40. The van der Waals surface area contributed by atoms with Gasteiger partial charge in [-0.25, -0.2) is 0 Å². The van der Waals surface area contributed by atoms with Crippen molar-refractivity contribution in [3.63, 3.8) is 0 Å². The van der Waals surface area contributed by atoms with E-state index in [-0.39, 0.29) is 21.5 Å². The number of phenols is 1. The second-order valence-corrected chi connectivity index (χ2v) is 4.10. The Morgan fingerprint density at radius 1 is 1.47 bits per heavy atom. The summed E-state index contributed by atoms with van der Waals surface area (Å²) in [5.41, 5.74) is 5.00. The van der Waals surface area contributed by atoms with Crippen LogP contribution in [0.4, 0.5) is 0 Å². The third-order valence-corrected chi connectivity index (χ3v) is 3.07. The second kappa shape index (κ2) is 5.35. The van der Waals surface area contributed by atoms with E-state index < -0.39 is 18.1 Å². The summed E-state index contributed by atoms with van der Waals surface area (Å²) in [6, 6.07) is 2.80. The summed E-state index contributed by atoms with van der Waals surface area (Å²) in [6.07, 6.45) is -3.28. The molecule has 0 saturated carbocycles. The molecule has 7 heteroatoms. The molecular weight excluding hydrogens is 294 g/mol. The molecule has 0 heterocycles. The number of amides is 1. The molecule has 0 saturated heterocycles. The number of phenolic OH excluding ortho intramolecular Hbond substituents is 1. The second-order valence-electron chi connectivity index (χ2n) is 3.31. The van der Waals surface area contributed by atoms with E-state index in [1.165, 1.54) is 19.2 Å². The largest absolute Gasteiger partial charge is 0.503 e. The first-order valence-electron chi connectivity index (χ1n) is 4.61. The Labute approximate surface area is 106 Å². The van der Waals surface area contributed by atoms with Crippen LogP contribution in [-0.2, 0) is 4.79 Å². The third kappa shape index (κ3) is 2.68. The van der Waals surface area contributed by atoms with E-state index in [9.17, 15) is 20.1 Å². The van der Waals surface area contributed by atoms with Crippen molar-refractivity contribution < 1.29 is 24.9 Å². The zero-order chi connectivity index (χ0) is 13.2. The van der Waals surface area contributed by atoms with Crippen molar-refractivity contribution in [2.45, 2.75) is 12.2 Å². The molecule has 6 nitrogen and oxygen atoms in total. The molecule has 0 fully saturated rings. The number of carbonyl (C=O) groups excluding carboxylic acids is 1. The number of rotatable bonds is 4. The Balaban J connectivity index is 3.16. The summed E-state index contributed by atoms with van der Waals surface area (Å²) in [5.74, 6) is -1.10. The summed E-state index contributed by atoms with van der Waals surface area (Å²) in [7, 11) is 1.37. The van der Waals surface area contributed by atoms with E-state index in [2.05, 4.69) is 15.9 Å². The van der Waals surface area contributed by atoms with Crippen LogP contribution in [0.2, 0.25) is 0 Å². The highest BCUT2D eigenvalue weighted by Gasteiger charge is 2.26. The van der Waals surface area contributed by atoms with Gasteiger partial charge in [0.2, 0.25) is 5.91 Å². The minimum absolute atomic E-state index is 0.129. The standard InChI is InChI=1S/C10H12BrNO5/c1-17-5-3-2-4(6(11)8(5)14)7(13)9(15)10(12)16/h2-3,7,9,13-15H,1H3,(H2,12,16). The van der Waals surface area contributed by atoms with Gasteiger partial charge in [0.05, 0.1) is 11.6 Å². The van der Waals surface area contributed by atoms with Crippen molar-refractivity contribution in [2.75, 3.05) is 7.11 Å². The molecule has 5 N–H and O–H groups in total. The number of nitrogens with two attached hydrogens (primary N) is 1. The van der Waals surface area contributed by atoms with Gasteiger partial charge in [-0.1, -0.05) is 6.07 Å². The maximum absolute atomic E-state index is 10.7. The number of methoxy groups -OCH3 is 1. The van der Waals surface area contributed by atoms with Crippen molar-refractivity contribution in [1.82, 2.24) is 0 Å². The fourth-order valence-electron chi connectivity index (χ4n) is 1.28. The number of ether oxygens (including phenoxy) is 1. The van der Waals surface area contributed by atoms with E-state index in [1.54, 1.807) is 0 Å². The number of hydrogen-bond donors (Lipinski definition) is 4. The highest BCUT2D eigenvalue weighted by Crippen LogP contribution is 2.39. The maximum Gasteiger partial charge on any atom is 0.249 e. The highest BCUT2D eigenvalue weighted by molar-refractivity contribution is 9.10. The van der Waals surface area contributed by atoms with E-state index >= 15 is 0 Å². The number of benzene rings is 1. The number of aromatic hydroxyl groups is 1. The zero-order valence-corrected chi connectivity index (χ0v) is 10.5. The van der Waals surface area contributed by atoms with E-state index in [0.717, 1.165) is 0 Å². The van der Waals surface area contributed by atoms with Crippen LogP contribution < -0.4 is 10.5 Å². The van der Waals surface area contributed by atoms with Crippen molar-refractivity contribution in [3.05, 3.63) is 22.2 Å². The Kier molecular flexibility index (Phi) is 4.33. The maximum atomic E-state index is 10.7. The van der Waals surface area contributed by atoms with E-state index in [1.807, 2.05) is 0 Å². The van der Waals surface area contributed by atoms with Crippen LogP contribution in [0.5, 0.6) is 11.5 Å². The van der Waals surface area contributed by atoms with Gasteiger partial charge in [-0.05, 0) is 22.0 Å². The van der Waals surface area contributed by atoms with Gasteiger partial charge in [0.1, 0.15) is 6.10 Å². The molecule has 0 aromatic heterocycles. The summed E-state index contributed by atoms with van der Waals surface area (Å²) in [4.78, 5) is 10.7. The minimum Gasteiger partial charge on any atom is -0.503 e. The van der Waals surface area contributed by atoms with Crippen LogP contribution >= 0.6 is 15.9 Å². The van der Waals surface area contributed by atoms with Crippen LogP contribution in [0.3, 0.4) is 0 Å². The average Bonchev–Trinajstić information content (AvgIpc) is 2.30. The Morgan fingerprint density at radius 2 is 2.06 bits per heavy atom. The highest BCUT2D eigenvalue weighted by atomic mass is 79.9. The molecule has 0 bridgehead atoms. The number of carbonyl (C=O) groups is 1. The fraction of sp³-hybridized carbons (Fsp3) is 0.300. The van der Waals surface area contributed by atoms with E-state index in [0.29, 0.717) is 0 Å². The molecule has 0 aliphatic heterocycles. The van der Waals surface area contributed by atoms with Gasteiger partial charge in [0.25, 0.3) is 0 Å². The molecular formula is C10H12BrNO5. The molecule has 2 unspecified atom stereocenters. The van der Waals surface area contributed by atoms with Crippen LogP contribution in [0.15, 0.2) is 16.6 Å². The third-order valence-electron chi connectivity index (χ3n) is 2.24. The van der Waals surface area contributed by atoms with Crippen LogP contribution in [0, 0.1) is 0 Å². The van der Waals surface area contributed by atoms with Gasteiger partial charge in [-0.2, -0.15) is 0 Å². The summed E-state index contributed by atoms with van der Waals surface area (Å²) >= 11 is 3.04. The van der Waals surface area contributed by atoms with Crippen LogP contribution in [0.1, 0.15) is 11.7 Å². The normalized spacial score (nSPS) is 14.1. The lowest BCUT2D eigenvalue weighted by molar-refractivity contribution is -0.132. The smallest absolute Gasteiger partial charge is 0.249 e. The SMILES string of the molecule is COc1ccc(C(O)C(O)C(N)=O)c(Br)c1O. The lowest BCUT2D eigenvalue weighted by atomic mass is 10.0. The van der Waals surface area contributed by atoms with Crippen molar-refractivity contribution >= 4 is 21.8 Å². The minimum atomic E-state index is -1.75. The Bertz CT molecular complexity index is 437. The quantitative estimate of drug-likeness (QED) is 0.627. The van der Waals surface area contributed by atoms with Crippen molar-refractivity contribution in [3.8, 4) is 11.5 Å². The molecule has 1 aromatic carbocycles. The molecule has 2 atom stereocenters. The molecule has 0 aliphatic rings. The molecule has 0 radical (unpaired) electrons. The Hall–Kier alpha value is -1.31. The fourth-order valence-corrected chi connectivity index (χ4v) is 1.84. The lowest BCUT2D eigenvalue weighted by Gasteiger charge is -2.18. The van der Waals surface area contributed by atoms with Crippen molar-refractivity contribution in [1.29, 1.82) is 0 Å². The predicted octanol–water partition coefficient (Wildman–Crippen LogP) is 0.0429. The van der Waals surface area contributed by atoms with Crippen LogP contribution in [0.25, 0.3) is 0 Å². The van der Waals surface area contributed by atoms with Crippen molar-refractivity contribution in [2.24, 2.45) is 5.73 Å². The number of halogens is 1. The van der Waals surface area contributed by atoms with Gasteiger partial charge in [0.15, 0.2) is 17.6 Å². The lowest BCUT2D eigenvalue weighted by Crippen LogP contribution is -2.34. The molecule has 0 aliphatic carbocycles. The van der Waals surface area contributed by atoms with Crippen LogP contribution in [-0.4, -0.2) is 34.4 Å². The first-order chi connectivity index (χ1) is 7.90. The van der Waals surface area contributed by atoms with E-state index in [4.69, 9.17) is 10.5 Å². The number of hydrogen-bond acceptors (Lipinski definition) is 5. The molecule has 1 rings (SSSR count). The monoisotopic (exact) mass is 305 g/mol. The van der Waals surface area contributed by atoms with Gasteiger partial charge in [0, 0.05) is 5.56 Å². The molecule has 17 heavy (non-hydrogen) atoms. The molecule has 1 amide bonds. The molecule has 1 aromatic rings. The number of aliphatic hydroxyl groups is 2. The summed E-state index contributed by atoms with van der Waals surface area (Å²) in [5, 5.41) is 28.7. The first kappa shape index (κ1) is 13.8. The van der Waals surface area contributed by atoms with Gasteiger partial charge < -0.3 is 25.8 Å². The topological polar surface area (TPSA) is 113 Å². The van der Waals surface area contributed by atoms with Gasteiger partial charge in [-0.15, -0.1) is 0 Å². The summed E-state index contributed by atoms with van der Waals surface area (Å²) < 4.78 is 4.98. The number of aliphatic hydroxyl groups excluding tert-OH is 2. The molecule has 0 spiro atoms. The average molecular weight is 306 g/mol. The molecule has 94 valence electrons. The van der Waals surface area contributed by atoms with Gasteiger partial charge in [-0.3, -0.25) is 4.79 Å².